The van der Waals surface area contributed by atoms with Crippen molar-refractivity contribution in [3.05, 3.63) is 24.3 Å². The summed E-state index contributed by atoms with van der Waals surface area (Å²) in [6, 6.07) is 7.98. The van der Waals surface area contributed by atoms with Crippen LogP contribution in [0.2, 0.25) is 0 Å². The average molecular weight is 268 g/mol. The van der Waals surface area contributed by atoms with Gasteiger partial charge in [0.1, 0.15) is 5.75 Å². The van der Waals surface area contributed by atoms with Gasteiger partial charge in [0.15, 0.2) is 6.29 Å². The quantitative estimate of drug-likeness (QED) is 0.724. The maximum Gasteiger partial charge on any atom is 0.158 e. The number of ether oxygens (including phenoxy) is 3. The highest BCUT2D eigenvalue weighted by molar-refractivity contribution is 5.58. The second-order valence-electron chi connectivity index (χ2n) is 4.31. The second kappa shape index (κ2) is 7.99. The Morgan fingerprint density at radius 2 is 1.79 bits per heavy atom. The van der Waals surface area contributed by atoms with Gasteiger partial charge in [-0.3, -0.25) is 0 Å². The maximum absolute atomic E-state index is 5.87. The molecule has 0 aliphatic carbocycles. The minimum atomic E-state index is -0.259. The minimum Gasteiger partial charge on any atom is -0.495 e. The van der Waals surface area contributed by atoms with E-state index in [1.807, 2.05) is 31.3 Å². The number of hydrogen-bond donors (Lipinski definition) is 1. The molecule has 1 aromatic rings. The molecule has 0 aliphatic rings. The molecule has 1 aromatic carbocycles. The molecule has 1 rings (SSSR count). The average Bonchev–Trinajstić information content (AvgIpc) is 2.48. The first-order valence-corrected chi connectivity index (χ1v) is 6.29. The van der Waals surface area contributed by atoms with Crippen LogP contribution in [0.25, 0.3) is 0 Å². The van der Waals surface area contributed by atoms with Crippen molar-refractivity contribution in [2.75, 3.05) is 39.8 Å². The first-order chi connectivity index (χ1) is 9.17. The van der Waals surface area contributed by atoms with Gasteiger partial charge in [0.05, 0.1) is 12.8 Å². The summed E-state index contributed by atoms with van der Waals surface area (Å²) in [6.45, 7) is 0.512. The van der Waals surface area contributed by atoms with Gasteiger partial charge in [-0.05, 0) is 12.1 Å². The van der Waals surface area contributed by atoms with Gasteiger partial charge in [-0.15, -0.1) is 0 Å². The van der Waals surface area contributed by atoms with Crippen molar-refractivity contribution >= 4 is 5.69 Å². The summed E-state index contributed by atoms with van der Waals surface area (Å²) in [7, 11) is 6.92. The third kappa shape index (κ3) is 4.09. The van der Waals surface area contributed by atoms with Crippen molar-refractivity contribution in [1.29, 1.82) is 0 Å². The number of nitrogens with two attached hydrogens (primary N) is 1. The van der Waals surface area contributed by atoms with E-state index in [4.69, 9.17) is 19.9 Å². The van der Waals surface area contributed by atoms with Gasteiger partial charge in [-0.1, -0.05) is 12.1 Å². The summed E-state index contributed by atoms with van der Waals surface area (Å²) in [5.41, 5.74) is 6.87. The molecule has 0 aromatic heterocycles. The molecule has 1 atom stereocenters. The predicted octanol–water partition coefficient (Wildman–Crippen LogP) is 1.47. The van der Waals surface area contributed by atoms with Crippen LogP contribution in [-0.2, 0) is 9.47 Å². The Hall–Kier alpha value is -1.30. The molecule has 0 radical (unpaired) electrons. The lowest BCUT2D eigenvalue weighted by molar-refractivity contribution is -0.108. The lowest BCUT2D eigenvalue weighted by Gasteiger charge is -2.32. The van der Waals surface area contributed by atoms with E-state index < -0.39 is 0 Å². The summed E-state index contributed by atoms with van der Waals surface area (Å²) in [5, 5.41) is 0. The Labute approximate surface area is 115 Å². The smallest absolute Gasteiger partial charge is 0.158 e. The van der Waals surface area contributed by atoms with Gasteiger partial charge >= 0.3 is 0 Å². The van der Waals surface area contributed by atoms with E-state index in [2.05, 4.69) is 4.90 Å². The van der Waals surface area contributed by atoms with Gasteiger partial charge < -0.3 is 24.8 Å². The van der Waals surface area contributed by atoms with E-state index in [1.165, 1.54) is 0 Å². The van der Waals surface area contributed by atoms with E-state index in [-0.39, 0.29) is 12.3 Å². The van der Waals surface area contributed by atoms with Crippen LogP contribution in [0, 0.1) is 0 Å². The highest BCUT2D eigenvalue weighted by Crippen LogP contribution is 2.28. The highest BCUT2D eigenvalue weighted by Gasteiger charge is 2.21. The van der Waals surface area contributed by atoms with Crippen molar-refractivity contribution in [3.8, 4) is 5.75 Å². The lowest BCUT2D eigenvalue weighted by atomic mass is 10.1. The fourth-order valence-corrected chi connectivity index (χ4v) is 2.04. The molecule has 0 saturated carbocycles. The Morgan fingerprint density at radius 3 is 2.32 bits per heavy atom. The summed E-state index contributed by atoms with van der Waals surface area (Å²) in [6.07, 6.45) is 0.434. The topological polar surface area (TPSA) is 57.0 Å². The third-order valence-corrected chi connectivity index (χ3v) is 3.28. The fraction of sp³-hybridized carbons (Fsp3) is 0.571. The van der Waals surface area contributed by atoms with Gasteiger partial charge in [-0.25, -0.2) is 0 Å². The monoisotopic (exact) mass is 268 g/mol. The van der Waals surface area contributed by atoms with Crippen molar-refractivity contribution in [2.24, 2.45) is 5.73 Å². The van der Waals surface area contributed by atoms with E-state index in [9.17, 15) is 0 Å². The van der Waals surface area contributed by atoms with Crippen molar-refractivity contribution < 1.29 is 14.2 Å². The molecule has 5 nitrogen and oxygen atoms in total. The lowest BCUT2D eigenvalue weighted by Crippen LogP contribution is -2.41. The zero-order chi connectivity index (χ0) is 14.3. The molecule has 0 fully saturated rings. The van der Waals surface area contributed by atoms with Crippen LogP contribution >= 0.6 is 0 Å². The Bertz CT molecular complexity index is 369. The number of methoxy groups -OCH3 is 3. The minimum absolute atomic E-state index is 0.112. The van der Waals surface area contributed by atoms with E-state index in [1.54, 1.807) is 21.3 Å². The molecule has 5 heteroatoms. The molecule has 2 N–H and O–H groups in total. The molecule has 108 valence electrons. The Kier molecular flexibility index (Phi) is 6.62. The van der Waals surface area contributed by atoms with Crippen molar-refractivity contribution in [3.63, 3.8) is 0 Å². The standard InChI is InChI=1S/C14H24N2O3/c1-16(11(10-15)9-14(18-3)19-4)12-7-5-6-8-13(12)17-2/h5-8,11,14H,9-10,15H2,1-4H3. The highest BCUT2D eigenvalue weighted by atomic mass is 16.7. The number of rotatable bonds is 8. The molecule has 0 saturated heterocycles. The van der Waals surface area contributed by atoms with Crippen LogP contribution in [0.5, 0.6) is 5.75 Å². The summed E-state index contributed by atoms with van der Waals surface area (Å²) < 4.78 is 15.9. The van der Waals surface area contributed by atoms with Crippen LogP contribution in [0.3, 0.4) is 0 Å². The van der Waals surface area contributed by atoms with Crippen molar-refractivity contribution in [2.45, 2.75) is 18.8 Å². The van der Waals surface area contributed by atoms with Gasteiger partial charge in [0, 0.05) is 40.3 Å². The van der Waals surface area contributed by atoms with E-state index >= 15 is 0 Å². The predicted molar refractivity (Wildman–Crippen MR) is 76.7 cm³/mol. The fourth-order valence-electron chi connectivity index (χ4n) is 2.04. The molecule has 0 heterocycles. The first-order valence-electron chi connectivity index (χ1n) is 6.29. The maximum atomic E-state index is 5.87. The van der Waals surface area contributed by atoms with Crippen LogP contribution in [-0.4, -0.2) is 47.3 Å². The van der Waals surface area contributed by atoms with Gasteiger partial charge in [0.2, 0.25) is 0 Å². The van der Waals surface area contributed by atoms with E-state index in [0.29, 0.717) is 13.0 Å². The van der Waals surface area contributed by atoms with Crippen LogP contribution in [0.1, 0.15) is 6.42 Å². The summed E-state index contributed by atoms with van der Waals surface area (Å²) in [4.78, 5) is 2.10. The molecular formula is C14H24N2O3. The van der Waals surface area contributed by atoms with Crippen LogP contribution in [0.4, 0.5) is 5.69 Å². The van der Waals surface area contributed by atoms with Gasteiger partial charge in [-0.2, -0.15) is 0 Å². The largest absolute Gasteiger partial charge is 0.495 e. The number of para-hydroxylation sites is 2. The zero-order valence-electron chi connectivity index (χ0n) is 12.1. The SMILES string of the molecule is COc1ccccc1N(C)C(CN)CC(OC)OC. The zero-order valence-corrected chi connectivity index (χ0v) is 12.1. The molecule has 0 aliphatic heterocycles. The summed E-state index contributed by atoms with van der Waals surface area (Å²) in [5.74, 6) is 0.829. The normalized spacial score (nSPS) is 12.5. The Morgan fingerprint density at radius 1 is 1.16 bits per heavy atom. The number of benzene rings is 1. The second-order valence-corrected chi connectivity index (χ2v) is 4.31. The summed E-state index contributed by atoms with van der Waals surface area (Å²) >= 11 is 0. The number of likely N-dealkylation sites (N-methyl/N-ethyl adjacent to an activating group) is 1. The van der Waals surface area contributed by atoms with Crippen molar-refractivity contribution in [1.82, 2.24) is 0 Å². The number of anilines is 1. The third-order valence-electron chi connectivity index (χ3n) is 3.28. The molecular weight excluding hydrogens is 244 g/mol. The van der Waals surface area contributed by atoms with Crippen LogP contribution in [0.15, 0.2) is 24.3 Å². The molecule has 0 bridgehead atoms. The van der Waals surface area contributed by atoms with Gasteiger partial charge in [0.25, 0.3) is 0 Å². The molecule has 0 amide bonds. The molecule has 19 heavy (non-hydrogen) atoms. The first kappa shape index (κ1) is 15.8. The van der Waals surface area contributed by atoms with Crippen LogP contribution < -0.4 is 15.4 Å². The van der Waals surface area contributed by atoms with E-state index in [0.717, 1.165) is 11.4 Å². The molecule has 1 unspecified atom stereocenters. The molecule has 0 spiro atoms. The Balaban J connectivity index is 2.85. The number of hydrogen-bond acceptors (Lipinski definition) is 5. The number of nitrogens with zero attached hydrogens (tertiary/aromatic N) is 1.